The highest BCUT2D eigenvalue weighted by molar-refractivity contribution is 6.13. The molecule has 9 heteroatoms. The molecule has 1 aliphatic heterocycles. The molecule has 0 fully saturated rings. The minimum atomic E-state index is -0.394. The van der Waals surface area contributed by atoms with Crippen molar-refractivity contribution in [1.29, 1.82) is 0 Å². The van der Waals surface area contributed by atoms with E-state index in [-0.39, 0.29) is 25.0 Å². The first kappa shape index (κ1) is 17.7. The van der Waals surface area contributed by atoms with Crippen LogP contribution in [0.1, 0.15) is 19.8 Å². The molecule has 9 nitrogen and oxygen atoms in total. The molecule has 0 bridgehead atoms. The second kappa shape index (κ2) is 9.54. The van der Waals surface area contributed by atoms with Gasteiger partial charge >= 0.3 is 0 Å². The Labute approximate surface area is 127 Å². The summed E-state index contributed by atoms with van der Waals surface area (Å²) in [7, 11) is 0. The van der Waals surface area contributed by atoms with Gasteiger partial charge in [0.05, 0.1) is 12.7 Å². The molecular formula is C13H19N5O4. The maximum Gasteiger partial charge on any atom is 0.253 e. The minimum absolute atomic E-state index is 0.0611. The summed E-state index contributed by atoms with van der Waals surface area (Å²) in [5.41, 5.74) is 8.14. The second-order valence-electron chi connectivity index (χ2n) is 4.69. The van der Waals surface area contributed by atoms with Gasteiger partial charge in [0.25, 0.3) is 11.8 Å². The Bertz CT molecular complexity index is 481. The first-order valence-corrected chi connectivity index (χ1v) is 6.97. The van der Waals surface area contributed by atoms with Crippen LogP contribution in [-0.4, -0.2) is 55.0 Å². The molecule has 1 N–H and O–H groups in total. The Morgan fingerprint density at radius 3 is 2.77 bits per heavy atom. The summed E-state index contributed by atoms with van der Waals surface area (Å²) in [6.45, 7) is 2.97. The number of rotatable bonds is 10. The molecule has 0 aliphatic carbocycles. The Kier molecular flexibility index (Phi) is 7.66. The number of amides is 3. The molecule has 22 heavy (non-hydrogen) atoms. The first-order valence-electron chi connectivity index (χ1n) is 6.97. The summed E-state index contributed by atoms with van der Waals surface area (Å²) in [5.74, 6) is -1.04. The van der Waals surface area contributed by atoms with Crippen LogP contribution in [0.25, 0.3) is 10.4 Å². The summed E-state index contributed by atoms with van der Waals surface area (Å²) in [4.78, 5) is 37.8. The maximum absolute atomic E-state index is 11.6. The molecule has 0 aromatic heterocycles. The van der Waals surface area contributed by atoms with Gasteiger partial charge in [-0.05, 0) is 18.9 Å². The van der Waals surface area contributed by atoms with Crippen LogP contribution in [0.3, 0.4) is 0 Å². The van der Waals surface area contributed by atoms with Gasteiger partial charge in [-0.3, -0.25) is 19.3 Å². The number of carbonyl (C=O) groups is 3. The first-order chi connectivity index (χ1) is 10.5. The number of carbonyl (C=O) groups excluding carboxylic acids is 3. The van der Waals surface area contributed by atoms with E-state index >= 15 is 0 Å². The van der Waals surface area contributed by atoms with E-state index in [4.69, 9.17) is 10.3 Å². The molecule has 0 saturated heterocycles. The lowest BCUT2D eigenvalue weighted by molar-refractivity contribution is -0.137. The molecule has 120 valence electrons. The van der Waals surface area contributed by atoms with Crippen molar-refractivity contribution in [1.82, 2.24) is 10.2 Å². The fourth-order valence-electron chi connectivity index (χ4n) is 1.77. The fourth-order valence-corrected chi connectivity index (χ4v) is 1.77. The van der Waals surface area contributed by atoms with Crippen LogP contribution in [0.5, 0.6) is 0 Å². The predicted octanol–water partition coefficient (Wildman–Crippen LogP) is 0.523. The third kappa shape index (κ3) is 6.38. The van der Waals surface area contributed by atoms with Gasteiger partial charge in [-0.2, -0.15) is 0 Å². The van der Waals surface area contributed by atoms with E-state index in [0.29, 0.717) is 26.1 Å². The molecule has 0 saturated carbocycles. The van der Waals surface area contributed by atoms with Gasteiger partial charge in [-0.15, -0.1) is 0 Å². The molecule has 1 rings (SSSR count). The number of nitrogens with zero attached hydrogens (tertiary/aromatic N) is 4. The third-order valence-electron chi connectivity index (χ3n) is 2.99. The van der Waals surface area contributed by atoms with Crippen LogP contribution in [0, 0.1) is 0 Å². The largest absolute Gasteiger partial charge is 0.377 e. The average Bonchev–Trinajstić information content (AvgIpc) is 2.81. The van der Waals surface area contributed by atoms with E-state index in [9.17, 15) is 14.4 Å². The summed E-state index contributed by atoms with van der Waals surface area (Å²) >= 11 is 0. The second-order valence-corrected chi connectivity index (χ2v) is 4.69. The lowest BCUT2D eigenvalue weighted by Gasteiger charge is -2.14. The molecule has 1 unspecified atom stereocenters. The highest BCUT2D eigenvalue weighted by Gasteiger charge is 2.23. The van der Waals surface area contributed by atoms with Crippen LogP contribution in [0.4, 0.5) is 0 Å². The molecule has 0 aromatic carbocycles. The van der Waals surface area contributed by atoms with Crippen molar-refractivity contribution in [3.05, 3.63) is 22.6 Å². The van der Waals surface area contributed by atoms with Gasteiger partial charge in [0.2, 0.25) is 5.91 Å². The summed E-state index contributed by atoms with van der Waals surface area (Å²) in [6, 6.07) is 0. The van der Waals surface area contributed by atoms with Crippen LogP contribution in [0.2, 0.25) is 0 Å². The van der Waals surface area contributed by atoms with Crippen LogP contribution in [-0.2, 0) is 19.1 Å². The number of imide groups is 1. The normalized spacial score (nSPS) is 14.9. The molecular weight excluding hydrogens is 290 g/mol. The predicted molar refractivity (Wildman–Crippen MR) is 77.5 cm³/mol. The molecule has 1 heterocycles. The van der Waals surface area contributed by atoms with Crippen LogP contribution in [0.15, 0.2) is 17.3 Å². The van der Waals surface area contributed by atoms with Gasteiger partial charge < -0.3 is 10.1 Å². The highest BCUT2D eigenvalue weighted by Crippen LogP contribution is 2.04. The van der Waals surface area contributed by atoms with E-state index in [0.717, 1.165) is 4.90 Å². The van der Waals surface area contributed by atoms with Gasteiger partial charge in [0.15, 0.2) is 0 Å². The number of hydrogen-bond acceptors (Lipinski definition) is 5. The molecule has 3 amide bonds. The van der Waals surface area contributed by atoms with Gasteiger partial charge in [0, 0.05) is 43.1 Å². The summed E-state index contributed by atoms with van der Waals surface area (Å²) in [5, 5.41) is 6.05. The fraction of sp³-hybridized carbons (Fsp3) is 0.615. The van der Waals surface area contributed by atoms with E-state index in [1.165, 1.54) is 12.2 Å². The van der Waals surface area contributed by atoms with Crippen molar-refractivity contribution in [2.45, 2.75) is 25.9 Å². The van der Waals surface area contributed by atoms with E-state index in [1.54, 1.807) is 0 Å². The van der Waals surface area contributed by atoms with Gasteiger partial charge in [0.1, 0.15) is 0 Å². The SMILES string of the molecule is CC(CCN=[N+]=[N-])OCCNC(=O)CCN1C(=O)C=CC1=O. The van der Waals surface area contributed by atoms with E-state index < -0.39 is 11.8 Å². The Hall–Kier alpha value is -2.38. The smallest absolute Gasteiger partial charge is 0.253 e. The van der Waals surface area contributed by atoms with Crippen molar-refractivity contribution in [3.63, 3.8) is 0 Å². The Morgan fingerprint density at radius 1 is 1.45 bits per heavy atom. The van der Waals surface area contributed by atoms with Crippen LogP contribution < -0.4 is 5.32 Å². The highest BCUT2D eigenvalue weighted by atomic mass is 16.5. The molecule has 0 spiro atoms. The molecule has 1 aliphatic rings. The lowest BCUT2D eigenvalue weighted by Crippen LogP contribution is -2.35. The van der Waals surface area contributed by atoms with Gasteiger partial charge in [-0.25, -0.2) is 0 Å². The molecule has 1 atom stereocenters. The van der Waals surface area contributed by atoms with Gasteiger partial charge in [-0.1, -0.05) is 5.11 Å². The quantitative estimate of drug-likeness (QED) is 0.208. The standard InChI is InChI=1S/C13H19N5O4/c1-10(4-6-16-17-14)22-9-7-15-11(19)5-8-18-12(20)2-3-13(18)21/h2-3,10H,4-9H2,1H3,(H,15,19). The zero-order valence-electron chi connectivity index (χ0n) is 12.4. The van der Waals surface area contributed by atoms with Crippen molar-refractivity contribution in [3.8, 4) is 0 Å². The number of hydrogen-bond donors (Lipinski definition) is 1. The van der Waals surface area contributed by atoms with E-state index in [1.807, 2.05) is 6.92 Å². The summed E-state index contributed by atoms with van der Waals surface area (Å²) in [6.07, 6.45) is 2.99. The Morgan fingerprint density at radius 2 is 2.14 bits per heavy atom. The van der Waals surface area contributed by atoms with Crippen molar-refractivity contribution < 1.29 is 19.1 Å². The average molecular weight is 309 g/mol. The van der Waals surface area contributed by atoms with Crippen molar-refractivity contribution in [2.24, 2.45) is 5.11 Å². The number of azide groups is 1. The summed E-state index contributed by atoms with van der Waals surface area (Å²) < 4.78 is 5.42. The van der Waals surface area contributed by atoms with Crippen molar-refractivity contribution in [2.75, 3.05) is 26.2 Å². The topological polar surface area (TPSA) is 124 Å². The van der Waals surface area contributed by atoms with Crippen LogP contribution >= 0.6 is 0 Å². The molecule has 0 aromatic rings. The number of ether oxygens (including phenoxy) is 1. The minimum Gasteiger partial charge on any atom is -0.377 e. The number of nitrogens with one attached hydrogen (secondary N) is 1. The monoisotopic (exact) mass is 309 g/mol. The third-order valence-corrected chi connectivity index (χ3v) is 2.99. The Balaban J connectivity index is 2.07. The van der Waals surface area contributed by atoms with Crippen molar-refractivity contribution >= 4 is 17.7 Å². The lowest BCUT2D eigenvalue weighted by atomic mass is 10.3. The zero-order valence-corrected chi connectivity index (χ0v) is 12.4. The maximum atomic E-state index is 11.6. The zero-order chi connectivity index (χ0) is 16.4. The van der Waals surface area contributed by atoms with E-state index in [2.05, 4.69) is 15.3 Å². The molecule has 0 radical (unpaired) electrons.